The molecule has 0 amide bonds. The molecule has 0 aromatic carbocycles. The summed E-state index contributed by atoms with van der Waals surface area (Å²) in [6.07, 6.45) is -5.68. The Labute approximate surface area is 99.4 Å². The smallest absolute Gasteiger partial charge is 0.481 e. The highest BCUT2D eigenvalue weighted by Gasteiger charge is 2.33. The number of nitrogen functional groups attached to an aromatic ring is 1. The van der Waals surface area contributed by atoms with Crippen molar-refractivity contribution >= 4 is 11.8 Å². The van der Waals surface area contributed by atoms with Gasteiger partial charge in [-0.05, 0) is 0 Å². The summed E-state index contributed by atoms with van der Waals surface area (Å²) in [5.74, 6) is -2.39. The predicted molar refractivity (Wildman–Crippen MR) is 54.6 cm³/mol. The summed E-state index contributed by atoms with van der Waals surface area (Å²) in [6.45, 7) is -0.147. The van der Waals surface area contributed by atoms with E-state index in [0.29, 0.717) is 0 Å². The Morgan fingerprint density at radius 1 is 1.50 bits per heavy atom. The average molecular weight is 265 g/mol. The van der Waals surface area contributed by atoms with Crippen molar-refractivity contribution in [3.05, 3.63) is 17.3 Å². The van der Waals surface area contributed by atoms with Crippen molar-refractivity contribution in [2.75, 3.05) is 5.73 Å². The summed E-state index contributed by atoms with van der Waals surface area (Å²) in [4.78, 5) is 14.2. The number of hydrogen-bond acceptors (Lipinski definition) is 5. The summed E-state index contributed by atoms with van der Waals surface area (Å²) in [7, 11) is 0. The average Bonchev–Trinajstić information content (AvgIpc) is 2.20. The van der Waals surface area contributed by atoms with Crippen LogP contribution in [0.15, 0.2) is 6.07 Å². The van der Waals surface area contributed by atoms with Gasteiger partial charge in [-0.3, -0.25) is 4.79 Å². The molecule has 0 atom stereocenters. The van der Waals surface area contributed by atoms with E-state index in [1.54, 1.807) is 0 Å². The van der Waals surface area contributed by atoms with Gasteiger partial charge in [0.15, 0.2) is 0 Å². The van der Waals surface area contributed by atoms with Crippen molar-refractivity contribution in [1.82, 2.24) is 4.98 Å². The van der Waals surface area contributed by atoms with Crippen LogP contribution >= 0.6 is 0 Å². The summed E-state index contributed by atoms with van der Waals surface area (Å²) >= 11 is 0. The zero-order valence-electron chi connectivity index (χ0n) is 8.99. The molecule has 0 fully saturated rings. The maximum atomic E-state index is 12.2. The molecule has 0 unspecified atom stereocenters. The number of hydrogen-bond donors (Lipinski definition) is 3. The highest BCUT2D eigenvalue weighted by molar-refractivity contribution is 5.74. The summed E-state index contributed by atoms with van der Waals surface area (Å²) in [5.41, 5.74) is 10.4. The summed E-state index contributed by atoms with van der Waals surface area (Å²) in [6, 6.07) is 0.919. The molecule has 0 saturated carbocycles. The molecule has 0 saturated heterocycles. The van der Waals surface area contributed by atoms with Gasteiger partial charge in [-0.2, -0.15) is 0 Å². The number of anilines is 1. The molecule has 5 N–H and O–H groups in total. The fourth-order valence-corrected chi connectivity index (χ4v) is 1.27. The van der Waals surface area contributed by atoms with E-state index in [9.17, 15) is 18.0 Å². The minimum atomic E-state index is -4.95. The number of pyridine rings is 1. The van der Waals surface area contributed by atoms with Gasteiger partial charge in [0.25, 0.3) is 0 Å². The van der Waals surface area contributed by atoms with Crippen molar-refractivity contribution in [2.24, 2.45) is 5.73 Å². The SMILES string of the molecule is NCc1cc(OC(F)(F)F)c(CC(=O)O)c(N)n1. The fraction of sp³-hybridized carbons (Fsp3) is 0.333. The Morgan fingerprint density at radius 3 is 2.56 bits per heavy atom. The maximum Gasteiger partial charge on any atom is 0.573 e. The predicted octanol–water partition coefficient (Wildman–Crippen LogP) is 0.648. The van der Waals surface area contributed by atoms with Gasteiger partial charge in [-0.25, -0.2) is 4.98 Å². The third kappa shape index (κ3) is 3.77. The molecule has 18 heavy (non-hydrogen) atoms. The lowest BCUT2D eigenvalue weighted by atomic mass is 10.1. The first kappa shape index (κ1) is 14.0. The number of carboxylic acids is 1. The Balaban J connectivity index is 3.24. The normalized spacial score (nSPS) is 11.3. The first-order chi connectivity index (χ1) is 8.23. The second-order valence-corrected chi connectivity index (χ2v) is 3.30. The van der Waals surface area contributed by atoms with Crippen LogP contribution in [-0.4, -0.2) is 22.4 Å². The Kier molecular flexibility index (Phi) is 3.96. The summed E-state index contributed by atoms with van der Waals surface area (Å²) < 4.78 is 40.2. The van der Waals surface area contributed by atoms with Gasteiger partial charge < -0.3 is 21.3 Å². The van der Waals surface area contributed by atoms with Crippen molar-refractivity contribution in [3.63, 3.8) is 0 Å². The number of alkyl halides is 3. The Morgan fingerprint density at radius 2 is 2.11 bits per heavy atom. The Hall–Kier alpha value is -2.03. The van der Waals surface area contributed by atoms with Gasteiger partial charge in [0.2, 0.25) is 0 Å². The lowest BCUT2D eigenvalue weighted by Gasteiger charge is -2.14. The molecule has 0 spiro atoms. The zero-order chi connectivity index (χ0) is 13.9. The quantitative estimate of drug-likeness (QED) is 0.736. The number of halogens is 3. The molecule has 1 rings (SSSR count). The first-order valence-electron chi connectivity index (χ1n) is 4.69. The van der Waals surface area contributed by atoms with Crippen molar-refractivity contribution in [1.29, 1.82) is 0 Å². The lowest BCUT2D eigenvalue weighted by molar-refractivity contribution is -0.274. The molecule has 0 aliphatic rings. The molecular formula is C9H10F3N3O3. The van der Waals surface area contributed by atoms with E-state index < -0.39 is 24.5 Å². The van der Waals surface area contributed by atoms with E-state index in [1.165, 1.54) is 0 Å². The van der Waals surface area contributed by atoms with E-state index in [0.717, 1.165) is 6.07 Å². The number of nitrogens with two attached hydrogens (primary N) is 2. The highest BCUT2D eigenvalue weighted by Crippen LogP contribution is 2.30. The topological polar surface area (TPSA) is 111 Å². The van der Waals surface area contributed by atoms with E-state index in [1.807, 2.05) is 0 Å². The third-order valence-corrected chi connectivity index (χ3v) is 1.93. The molecule has 1 heterocycles. The monoisotopic (exact) mass is 265 g/mol. The van der Waals surface area contributed by atoms with Gasteiger partial charge >= 0.3 is 12.3 Å². The van der Waals surface area contributed by atoms with Crippen LogP contribution in [0.5, 0.6) is 5.75 Å². The van der Waals surface area contributed by atoms with Crippen molar-refractivity contribution in [2.45, 2.75) is 19.3 Å². The second-order valence-electron chi connectivity index (χ2n) is 3.30. The first-order valence-corrected chi connectivity index (χ1v) is 4.69. The number of carbonyl (C=O) groups is 1. The zero-order valence-corrected chi connectivity index (χ0v) is 8.99. The number of ether oxygens (including phenoxy) is 1. The minimum absolute atomic E-state index is 0.0703. The number of aromatic nitrogens is 1. The van der Waals surface area contributed by atoms with Crippen LogP contribution < -0.4 is 16.2 Å². The van der Waals surface area contributed by atoms with Crippen molar-refractivity contribution in [3.8, 4) is 5.75 Å². The molecule has 1 aromatic heterocycles. The molecule has 9 heteroatoms. The van der Waals surface area contributed by atoms with Crippen LogP contribution in [0, 0.1) is 0 Å². The summed E-state index contributed by atoms with van der Waals surface area (Å²) in [5, 5.41) is 8.60. The molecule has 100 valence electrons. The number of nitrogens with zero attached hydrogens (tertiary/aromatic N) is 1. The van der Waals surface area contributed by atoms with Crippen LogP contribution in [0.25, 0.3) is 0 Å². The number of aliphatic carboxylic acids is 1. The van der Waals surface area contributed by atoms with Gasteiger partial charge in [-0.15, -0.1) is 13.2 Å². The fourth-order valence-electron chi connectivity index (χ4n) is 1.27. The molecule has 0 aliphatic carbocycles. The minimum Gasteiger partial charge on any atom is -0.481 e. The molecular weight excluding hydrogens is 255 g/mol. The van der Waals surface area contributed by atoms with E-state index in [-0.39, 0.29) is 23.6 Å². The number of rotatable bonds is 4. The van der Waals surface area contributed by atoms with Crippen molar-refractivity contribution < 1.29 is 27.8 Å². The van der Waals surface area contributed by atoms with Crippen LogP contribution in [0.2, 0.25) is 0 Å². The third-order valence-electron chi connectivity index (χ3n) is 1.93. The second kappa shape index (κ2) is 5.08. The Bertz CT molecular complexity index is 462. The molecule has 0 bridgehead atoms. The molecule has 0 radical (unpaired) electrons. The van der Waals surface area contributed by atoms with Gasteiger partial charge in [0.1, 0.15) is 11.6 Å². The van der Waals surface area contributed by atoms with Gasteiger partial charge in [0.05, 0.1) is 12.1 Å². The largest absolute Gasteiger partial charge is 0.573 e. The molecule has 1 aromatic rings. The molecule has 6 nitrogen and oxygen atoms in total. The van der Waals surface area contributed by atoms with Crippen LogP contribution in [0.3, 0.4) is 0 Å². The van der Waals surface area contributed by atoms with E-state index in [4.69, 9.17) is 16.6 Å². The van der Waals surface area contributed by atoms with Crippen LogP contribution in [0.1, 0.15) is 11.3 Å². The molecule has 0 aliphatic heterocycles. The highest BCUT2D eigenvalue weighted by atomic mass is 19.4. The standard InChI is InChI=1S/C9H10F3N3O3/c10-9(11,12)18-6-1-4(3-13)15-8(14)5(6)2-7(16)17/h1H,2-3,13H2,(H2,14,15)(H,16,17). The van der Waals surface area contributed by atoms with E-state index in [2.05, 4.69) is 9.72 Å². The maximum absolute atomic E-state index is 12.2. The lowest BCUT2D eigenvalue weighted by Crippen LogP contribution is -2.20. The van der Waals surface area contributed by atoms with Crippen LogP contribution in [-0.2, 0) is 17.8 Å². The number of carboxylic acid groups (broad SMARTS) is 1. The van der Waals surface area contributed by atoms with Gasteiger partial charge in [-0.1, -0.05) is 0 Å². The van der Waals surface area contributed by atoms with Gasteiger partial charge in [0, 0.05) is 18.2 Å². The van der Waals surface area contributed by atoms with Crippen LogP contribution in [0.4, 0.5) is 19.0 Å². The van der Waals surface area contributed by atoms with E-state index >= 15 is 0 Å².